The van der Waals surface area contributed by atoms with E-state index in [0.29, 0.717) is 19.4 Å². The Kier molecular flexibility index (Phi) is 3.92. The van der Waals surface area contributed by atoms with Gasteiger partial charge >= 0.3 is 5.97 Å². The topological polar surface area (TPSA) is 66.4 Å². The molecule has 1 amide bonds. The lowest BCUT2D eigenvalue weighted by molar-refractivity contribution is -0.146. The van der Waals surface area contributed by atoms with Crippen molar-refractivity contribution in [2.75, 3.05) is 6.54 Å². The van der Waals surface area contributed by atoms with Gasteiger partial charge in [0.1, 0.15) is 0 Å². The summed E-state index contributed by atoms with van der Waals surface area (Å²) in [5, 5.41) is 11.6. The van der Waals surface area contributed by atoms with Crippen molar-refractivity contribution in [2.45, 2.75) is 32.6 Å². The number of hydrogen-bond donors (Lipinski definition) is 2. The maximum atomic E-state index is 11.5. The van der Waals surface area contributed by atoms with Crippen LogP contribution < -0.4 is 5.32 Å². The lowest BCUT2D eigenvalue weighted by atomic mass is 9.95. The fourth-order valence-corrected chi connectivity index (χ4v) is 1.95. The largest absolute Gasteiger partial charge is 0.481 e. The normalized spacial score (nSPS) is 26.1. The lowest BCUT2D eigenvalue weighted by Crippen LogP contribution is -2.35. The molecule has 0 aliphatic heterocycles. The van der Waals surface area contributed by atoms with Crippen LogP contribution in [-0.4, -0.2) is 23.5 Å². The molecule has 80 valence electrons. The number of amides is 1. The Hall–Kier alpha value is -1.06. The highest BCUT2D eigenvalue weighted by molar-refractivity contribution is 5.85. The minimum Gasteiger partial charge on any atom is -0.481 e. The third-order valence-corrected chi connectivity index (χ3v) is 2.72. The molecule has 0 aromatic heterocycles. The Balaban J connectivity index is 2.49. The van der Waals surface area contributed by atoms with Crippen LogP contribution in [0.25, 0.3) is 0 Å². The van der Waals surface area contributed by atoms with E-state index in [1.165, 1.54) is 0 Å². The van der Waals surface area contributed by atoms with Crippen molar-refractivity contribution in [3.8, 4) is 0 Å². The summed E-state index contributed by atoms with van der Waals surface area (Å²) in [6, 6.07) is 0. The minimum absolute atomic E-state index is 0.0863. The first kappa shape index (κ1) is 11.0. The molecule has 0 heterocycles. The van der Waals surface area contributed by atoms with Gasteiger partial charge in [-0.2, -0.15) is 0 Å². The van der Waals surface area contributed by atoms with Crippen LogP contribution in [0.4, 0.5) is 0 Å². The molecule has 1 fully saturated rings. The third-order valence-electron chi connectivity index (χ3n) is 2.72. The summed E-state index contributed by atoms with van der Waals surface area (Å²) in [5.74, 6) is -1.69. The van der Waals surface area contributed by atoms with Gasteiger partial charge in [-0.25, -0.2) is 0 Å². The van der Waals surface area contributed by atoms with Gasteiger partial charge in [0.15, 0.2) is 0 Å². The van der Waals surface area contributed by atoms with Crippen LogP contribution in [0, 0.1) is 11.8 Å². The molecule has 0 spiro atoms. The van der Waals surface area contributed by atoms with Crippen LogP contribution in [-0.2, 0) is 9.59 Å². The molecular formula is C10H17NO3. The molecule has 0 saturated heterocycles. The van der Waals surface area contributed by atoms with Gasteiger partial charge in [0.25, 0.3) is 0 Å². The minimum atomic E-state index is -0.834. The third kappa shape index (κ3) is 2.47. The zero-order valence-corrected chi connectivity index (χ0v) is 8.45. The molecule has 0 aromatic rings. The zero-order valence-electron chi connectivity index (χ0n) is 8.45. The molecule has 2 unspecified atom stereocenters. The summed E-state index contributed by atoms with van der Waals surface area (Å²) in [4.78, 5) is 22.4. The van der Waals surface area contributed by atoms with E-state index in [1.54, 1.807) is 0 Å². The second-order valence-electron chi connectivity index (χ2n) is 3.77. The fourth-order valence-electron chi connectivity index (χ4n) is 1.95. The highest BCUT2D eigenvalue weighted by Crippen LogP contribution is 2.31. The quantitative estimate of drug-likeness (QED) is 0.710. The van der Waals surface area contributed by atoms with Gasteiger partial charge in [-0.05, 0) is 19.3 Å². The summed E-state index contributed by atoms with van der Waals surface area (Å²) in [7, 11) is 0. The van der Waals surface area contributed by atoms with Crippen molar-refractivity contribution in [3.63, 3.8) is 0 Å². The second kappa shape index (κ2) is 4.98. The van der Waals surface area contributed by atoms with Gasteiger partial charge < -0.3 is 10.4 Å². The van der Waals surface area contributed by atoms with Crippen molar-refractivity contribution in [1.29, 1.82) is 0 Å². The van der Waals surface area contributed by atoms with Gasteiger partial charge in [-0.15, -0.1) is 0 Å². The maximum Gasteiger partial charge on any atom is 0.307 e. The van der Waals surface area contributed by atoms with Gasteiger partial charge in [0.05, 0.1) is 11.8 Å². The molecule has 2 atom stereocenters. The Bertz CT molecular complexity index is 227. The van der Waals surface area contributed by atoms with Crippen LogP contribution >= 0.6 is 0 Å². The second-order valence-corrected chi connectivity index (χ2v) is 3.77. The summed E-state index contributed by atoms with van der Waals surface area (Å²) in [5.41, 5.74) is 0. The van der Waals surface area contributed by atoms with Gasteiger partial charge in [0, 0.05) is 6.54 Å². The Morgan fingerprint density at radius 3 is 2.57 bits per heavy atom. The van der Waals surface area contributed by atoms with Gasteiger partial charge in [0.2, 0.25) is 5.91 Å². The van der Waals surface area contributed by atoms with Gasteiger partial charge in [-0.3, -0.25) is 9.59 Å². The van der Waals surface area contributed by atoms with Crippen molar-refractivity contribution < 1.29 is 14.7 Å². The van der Waals surface area contributed by atoms with Crippen molar-refractivity contribution in [1.82, 2.24) is 5.32 Å². The fraction of sp³-hybridized carbons (Fsp3) is 0.800. The number of carbonyl (C=O) groups excluding carboxylic acids is 1. The number of rotatable bonds is 4. The number of carboxylic acids is 1. The van der Waals surface area contributed by atoms with Crippen LogP contribution in [0.1, 0.15) is 32.6 Å². The molecule has 1 aliphatic rings. The molecule has 1 rings (SSSR count). The monoisotopic (exact) mass is 199 g/mol. The molecule has 1 aliphatic carbocycles. The van der Waals surface area contributed by atoms with E-state index in [-0.39, 0.29) is 11.8 Å². The van der Waals surface area contributed by atoms with E-state index in [4.69, 9.17) is 5.11 Å². The highest BCUT2D eigenvalue weighted by Gasteiger charge is 2.37. The van der Waals surface area contributed by atoms with Crippen LogP contribution in [0.15, 0.2) is 0 Å². The number of hydrogen-bond acceptors (Lipinski definition) is 2. The molecule has 0 bridgehead atoms. The van der Waals surface area contributed by atoms with E-state index in [1.807, 2.05) is 6.92 Å². The first-order valence-electron chi connectivity index (χ1n) is 5.17. The standard InChI is InChI=1S/C10H17NO3/c1-2-6-11-9(12)7-4-3-5-8(7)10(13)14/h7-8H,2-6H2,1H3,(H,11,12)(H,13,14). The lowest BCUT2D eigenvalue weighted by Gasteiger charge is -2.14. The first-order valence-corrected chi connectivity index (χ1v) is 5.17. The Morgan fingerprint density at radius 2 is 2.00 bits per heavy atom. The van der Waals surface area contributed by atoms with E-state index in [0.717, 1.165) is 12.8 Å². The number of carbonyl (C=O) groups is 2. The predicted molar refractivity (Wildman–Crippen MR) is 51.8 cm³/mol. The van der Waals surface area contributed by atoms with E-state index >= 15 is 0 Å². The average molecular weight is 199 g/mol. The smallest absolute Gasteiger partial charge is 0.307 e. The summed E-state index contributed by atoms with van der Waals surface area (Å²) in [6.07, 6.45) is 3.09. The first-order chi connectivity index (χ1) is 6.66. The van der Waals surface area contributed by atoms with Gasteiger partial charge in [-0.1, -0.05) is 13.3 Å². The summed E-state index contributed by atoms with van der Waals surface area (Å²) < 4.78 is 0. The van der Waals surface area contributed by atoms with E-state index in [2.05, 4.69) is 5.32 Å². The molecule has 2 N–H and O–H groups in total. The number of nitrogens with one attached hydrogen (secondary N) is 1. The molecule has 4 nitrogen and oxygen atoms in total. The Labute approximate surface area is 83.7 Å². The van der Waals surface area contributed by atoms with Crippen LogP contribution in [0.2, 0.25) is 0 Å². The molecule has 0 aromatic carbocycles. The van der Waals surface area contributed by atoms with E-state index < -0.39 is 11.9 Å². The van der Waals surface area contributed by atoms with Crippen molar-refractivity contribution >= 4 is 11.9 Å². The molecule has 14 heavy (non-hydrogen) atoms. The van der Waals surface area contributed by atoms with Crippen LogP contribution in [0.3, 0.4) is 0 Å². The molecular weight excluding hydrogens is 182 g/mol. The van der Waals surface area contributed by atoms with Crippen molar-refractivity contribution in [2.24, 2.45) is 11.8 Å². The van der Waals surface area contributed by atoms with Crippen molar-refractivity contribution in [3.05, 3.63) is 0 Å². The number of aliphatic carboxylic acids is 1. The molecule has 0 radical (unpaired) electrons. The maximum absolute atomic E-state index is 11.5. The predicted octanol–water partition coefficient (Wildman–Crippen LogP) is 1.01. The molecule has 4 heteroatoms. The van der Waals surface area contributed by atoms with Crippen LogP contribution in [0.5, 0.6) is 0 Å². The van der Waals surface area contributed by atoms with E-state index in [9.17, 15) is 9.59 Å². The summed E-state index contributed by atoms with van der Waals surface area (Å²) in [6.45, 7) is 2.62. The average Bonchev–Trinajstić information content (AvgIpc) is 2.62. The number of carboxylic acid groups (broad SMARTS) is 1. The SMILES string of the molecule is CCCNC(=O)C1CCCC1C(=O)O. The molecule has 1 saturated carbocycles. The summed E-state index contributed by atoms with van der Waals surface area (Å²) >= 11 is 0. The highest BCUT2D eigenvalue weighted by atomic mass is 16.4. The zero-order chi connectivity index (χ0) is 10.6. The Morgan fingerprint density at radius 1 is 1.36 bits per heavy atom.